The minimum atomic E-state index is -0.307. The van der Waals surface area contributed by atoms with Gasteiger partial charge in [-0.15, -0.1) is 0 Å². The van der Waals surface area contributed by atoms with Crippen molar-refractivity contribution in [3.63, 3.8) is 0 Å². The molecule has 0 atom stereocenters. The Kier molecular flexibility index (Phi) is 3.62. The first-order valence-corrected chi connectivity index (χ1v) is 5.86. The molecule has 1 aromatic heterocycles. The van der Waals surface area contributed by atoms with Gasteiger partial charge in [-0.05, 0) is 37.2 Å². The molecule has 0 aliphatic heterocycles. The highest BCUT2D eigenvalue weighted by Crippen LogP contribution is 2.19. The Hall–Kier alpha value is -1.88. The largest absolute Gasteiger partial charge is 0.351 e. The number of carbonyl (C=O) groups is 1. The molecule has 1 aromatic carbocycles. The summed E-state index contributed by atoms with van der Waals surface area (Å²) in [6.45, 7) is 1.09. The fourth-order valence-electron chi connectivity index (χ4n) is 1.92. The van der Waals surface area contributed by atoms with E-state index in [1.807, 2.05) is 0 Å². The number of fused-ring (bicyclic) bond motifs is 1. The Balaban J connectivity index is 2.28. The third-order valence-corrected chi connectivity index (χ3v) is 2.91. The van der Waals surface area contributed by atoms with Crippen molar-refractivity contribution >= 4 is 16.8 Å². The van der Waals surface area contributed by atoms with Crippen molar-refractivity contribution in [2.45, 2.75) is 6.42 Å². The van der Waals surface area contributed by atoms with Crippen LogP contribution >= 0.6 is 0 Å². The van der Waals surface area contributed by atoms with E-state index < -0.39 is 0 Å². The molecule has 0 saturated carbocycles. The summed E-state index contributed by atoms with van der Waals surface area (Å²) in [5, 5.41) is 3.63. The Morgan fingerprint density at radius 2 is 2.22 bits per heavy atom. The number of nitrogens with zero attached hydrogens (tertiary/aromatic N) is 1. The molecule has 0 bridgehead atoms. The van der Waals surface area contributed by atoms with Gasteiger partial charge >= 0.3 is 0 Å². The van der Waals surface area contributed by atoms with Gasteiger partial charge in [-0.2, -0.15) is 0 Å². The fraction of sp³-hybridized carbons (Fsp3) is 0.308. The lowest BCUT2D eigenvalue weighted by Crippen LogP contribution is -2.27. The molecular formula is C13H16FN3O. The first kappa shape index (κ1) is 12.6. The highest BCUT2D eigenvalue weighted by molar-refractivity contribution is 5.98. The maximum Gasteiger partial charge on any atom is 0.267 e. The molecule has 0 saturated heterocycles. The normalized spacial score (nSPS) is 10.8. The number of amides is 1. The van der Waals surface area contributed by atoms with Gasteiger partial charge < -0.3 is 15.6 Å². The van der Waals surface area contributed by atoms with Crippen LogP contribution in [0.4, 0.5) is 4.39 Å². The quantitative estimate of drug-likeness (QED) is 0.804. The van der Waals surface area contributed by atoms with Crippen LogP contribution in [0.1, 0.15) is 16.9 Å². The van der Waals surface area contributed by atoms with Crippen molar-refractivity contribution in [1.29, 1.82) is 0 Å². The van der Waals surface area contributed by atoms with E-state index in [2.05, 4.69) is 5.32 Å². The Morgan fingerprint density at radius 1 is 1.44 bits per heavy atom. The second-order valence-electron chi connectivity index (χ2n) is 4.19. The number of halogens is 1. The maximum absolute atomic E-state index is 13.1. The Bertz CT molecular complexity index is 577. The number of aromatic nitrogens is 1. The second-order valence-corrected chi connectivity index (χ2v) is 4.19. The molecule has 0 fully saturated rings. The van der Waals surface area contributed by atoms with Crippen molar-refractivity contribution in [2.24, 2.45) is 12.8 Å². The molecular weight excluding hydrogens is 233 g/mol. The summed E-state index contributed by atoms with van der Waals surface area (Å²) in [7, 11) is 1.75. The molecule has 0 radical (unpaired) electrons. The molecule has 18 heavy (non-hydrogen) atoms. The van der Waals surface area contributed by atoms with E-state index in [1.54, 1.807) is 23.7 Å². The van der Waals surface area contributed by atoms with E-state index in [0.29, 0.717) is 24.3 Å². The van der Waals surface area contributed by atoms with Crippen LogP contribution in [0.25, 0.3) is 10.9 Å². The number of benzene rings is 1. The maximum atomic E-state index is 13.1. The first-order chi connectivity index (χ1) is 8.63. The standard InChI is InChI=1S/C13H16FN3O/c1-17-11-8-10(14)4-3-9(11)7-12(17)13(18)16-6-2-5-15/h3-4,7-8H,2,5-6,15H2,1H3,(H,16,18). The van der Waals surface area contributed by atoms with E-state index in [-0.39, 0.29) is 11.7 Å². The van der Waals surface area contributed by atoms with Crippen molar-refractivity contribution in [3.8, 4) is 0 Å². The third-order valence-electron chi connectivity index (χ3n) is 2.91. The molecule has 5 heteroatoms. The van der Waals surface area contributed by atoms with Gasteiger partial charge in [0.15, 0.2) is 0 Å². The summed E-state index contributed by atoms with van der Waals surface area (Å²) in [6.07, 6.45) is 0.740. The summed E-state index contributed by atoms with van der Waals surface area (Å²) in [4.78, 5) is 11.9. The number of hydrogen-bond acceptors (Lipinski definition) is 2. The summed E-state index contributed by atoms with van der Waals surface area (Å²) < 4.78 is 14.8. The number of nitrogens with one attached hydrogen (secondary N) is 1. The minimum Gasteiger partial charge on any atom is -0.351 e. The molecule has 2 rings (SSSR count). The monoisotopic (exact) mass is 249 g/mol. The SMILES string of the molecule is Cn1c(C(=O)NCCCN)cc2ccc(F)cc21. The van der Waals surface area contributed by atoms with Crippen molar-refractivity contribution in [2.75, 3.05) is 13.1 Å². The van der Waals surface area contributed by atoms with Crippen LogP contribution in [0.3, 0.4) is 0 Å². The minimum absolute atomic E-state index is 0.164. The van der Waals surface area contributed by atoms with Gasteiger partial charge in [0.1, 0.15) is 11.5 Å². The van der Waals surface area contributed by atoms with E-state index in [4.69, 9.17) is 5.73 Å². The van der Waals surface area contributed by atoms with Crippen molar-refractivity contribution in [3.05, 3.63) is 35.8 Å². The highest BCUT2D eigenvalue weighted by Gasteiger charge is 2.12. The van der Waals surface area contributed by atoms with Crippen molar-refractivity contribution in [1.82, 2.24) is 9.88 Å². The molecule has 4 nitrogen and oxygen atoms in total. The highest BCUT2D eigenvalue weighted by atomic mass is 19.1. The van der Waals surface area contributed by atoms with Gasteiger partial charge in [-0.25, -0.2) is 4.39 Å². The topological polar surface area (TPSA) is 60.0 Å². The number of nitrogens with two attached hydrogens (primary N) is 1. The lowest BCUT2D eigenvalue weighted by molar-refractivity contribution is 0.0946. The predicted octanol–water partition coefficient (Wildman–Crippen LogP) is 1.40. The van der Waals surface area contributed by atoms with Crippen LogP contribution < -0.4 is 11.1 Å². The lowest BCUT2D eigenvalue weighted by atomic mass is 10.2. The fourth-order valence-corrected chi connectivity index (χ4v) is 1.92. The van der Waals surface area contributed by atoms with Gasteiger partial charge in [0.2, 0.25) is 0 Å². The zero-order valence-electron chi connectivity index (χ0n) is 10.2. The van der Waals surface area contributed by atoms with Gasteiger partial charge in [-0.1, -0.05) is 0 Å². The number of aryl methyl sites for hydroxylation is 1. The molecule has 0 unspecified atom stereocenters. The molecule has 3 N–H and O–H groups in total. The molecule has 1 amide bonds. The molecule has 0 aliphatic rings. The van der Waals surface area contributed by atoms with Crippen LogP contribution in [0.5, 0.6) is 0 Å². The van der Waals surface area contributed by atoms with E-state index in [0.717, 1.165) is 11.8 Å². The molecule has 0 spiro atoms. The number of carbonyl (C=O) groups excluding carboxylic acids is 1. The number of hydrogen-bond donors (Lipinski definition) is 2. The molecule has 2 aromatic rings. The number of rotatable bonds is 4. The summed E-state index contributed by atoms with van der Waals surface area (Å²) >= 11 is 0. The third kappa shape index (κ3) is 2.36. The summed E-state index contributed by atoms with van der Waals surface area (Å²) in [5.41, 5.74) is 6.59. The predicted molar refractivity (Wildman–Crippen MR) is 68.9 cm³/mol. The van der Waals surface area contributed by atoms with E-state index in [9.17, 15) is 9.18 Å². The van der Waals surface area contributed by atoms with Crippen LogP contribution in [0.15, 0.2) is 24.3 Å². The molecule has 1 heterocycles. The van der Waals surface area contributed by atoms with Crippen LogP contribution in [-0.4, -0.2) is 23.6 Å². The van der Waals surface area contributed by atoms with Gasteiger partial charge in [0.25, 0.3) is 5.91 Å². The average Bonchev–Trinajstić information content (AvgIpc) is 2.67. The van der Waals surface area contributed by atoms with Gasteiger partial charge in [-0.3, -0.25) is 4.79 Å². The molecule has 0 aliphatic carbocycles. The van der Waals surface area contributed by atoms with E-state index in [1.165, 1.54) is 12.1 Å². The Morgan fingerprint density at radius 3 is 2.94 bits per heavy atom. The van der Waals surface area contributed by atoms with E-state index >= 15 is 0 Å². The summed E-state index contributed by atoms with van der Waals surface area (Å²) in [5.74, 6) is -0.471. The van der Waals surface area contributed by atoms with Gasteiger partial charge in [0, 0.05) is 19.0 Å². The van der Waals surface area contributed by atoms with Crippen molar-refractivity contribution < 1.29 is 9.18 Å². The second kappa shape index (κ2) is 5.18. The summed E-state index contributed by atoms with van der Waals surface area (Å²) in [6, 6.07) is 6.23. The smallest absolute Gasteiger partial charge is 0.267 e. The van der Waals surface area contributed by atoms with Gasteiger partial charge in [0.05, 0.1) is 5.52 Å². The van der Waals surface area contributed by atoms with Crippen LogP contribution in [0, 0.1) is 5.82 Å². The van der Waals surface area contributed by atoms with Crippen LogP contribution in [0.2, 0.25) is 0 Å². The average molecular weight is 249 g/mol. The van der Waals surface area contributed by atoms with Crippen LogP contribution in [-0.2, 0) is 7.05 Å². The first-order valence-electron chi connectivity index (χ1n) is 5.86. The zero-order chi connectivity index (χ0) is 13.1. The zero-order valence-corrected chi connectivity index (χ0v) is 10.2. The lowest BCUT2D eigenvalue weighted by Gasteiger charge is -2.05. The Labute approximate surface area is 105 Å². The molecule has 96 valence electrons.